The van der Waals surface area contributed by atoms with Crippen molar-refractivity contribution in [3.8, 4) is 0 Å². The first-order chi connectivity index (χ1) is 9.54. The topological polar surface area (TPSA) is 100 Å². The number of hydrogen-bond donors (Lipinski definition) is 2. The van der Waals surface area contributed by atoms with Crippen LogP contribution in [-0.4, -0.2) is 62.6 Å². The molecule has 20 heavy (non-hydrogen) atoms. The minimum atomic E-state index is -1.06. The zero-order chi connectivity index (χ0) is 14.5. The first-order valence-corrected chi connectivity index (χ1v) is 6.67. The summed E-state index contributed by atoms with van der Waals surface area (Å²) in [6.07, 6.45) is 3.32. The summed E-state index contributed by atoms with van der Waals surface area (Å²) in [5.41, 5.74) is -0.0330. The van der Waals surface area contributed by atoms with E-state index in [9.17, 15) is 9.59 Å². The lowest BCUT2D eigenvalue weighted by Gasteiger charge is -2.31. The molecule has 0 bridgehead atoms. The SMILES string of the molecule is CC(=O)NC1CCN(CCn2cc(C(=O)O)nn2)CC1. The van der Waals surface area contributed by atoms with Gasteiger partial charge in [-0.3, -0.25) is 9.48 Å². The molecule has 110 valence electrons. The van der Waals surface area contributed by atoms with Gasteiger partial charge in [0.1, 0.15) is 0 Å². The zero-order valence-electron chi connectivity index (χ0n) is 11.4. The Labute approximate surface area is 116 Å². The number of nitrogens with zero attached hydrogens (tertiary/aromatic N) is 4. The zero-order valence-corrected chi connectivity index (χ0v) is 11.4. The number of piperidine rings is 1. The molecular formula is C12H19N5O3. The summed E-state index contributed by atoms with van der Waals surface area (Å²) in [5.74, 6) is -1.04. The number of amides is 1. The van der Waals surface area contributed by atoms with Crippen LogP contribution >= 0.6 is 0 Å². The van der Waals surface area contributed by atoms with Gasteiger partial charge in [-0.05, 0) is 12.8 Å². The lowest BCUT2D eigenvalue weighted by Crippen LogP contribution is -2.44. The molecular weight excluding hydrogens is 262 g/mol. The second-order valence-corrected chi connectivity index (χ2v) is 4.99. The van der Waals surface area contributed by atoms with Crippen molar-refractivity contribution in [1.29, 1.82) is 0 Å². The maximum Gasteiger partial charge on any atom is 0.358 e. The lowest BCUT2D eigenvalue weighted by molar-refractivity contribution is -0.119. The highest BCUT2D eigenvalue weighted by atomic mass is 16.4. The minimum Gasteiger partial charge on any atom is -0.476 e. The van der Waals surface area contributed by atoms with Crippen LogP contribution in [-0.2, 0) is 11.3 Å². The Bertz CT molecular complexity index is 479. The van der Waals surface area contributed by atoms with Gasteiger partial charge in [-0.1, -0.05) is 5.21 Å². The van der Waals surface area contributed by atoms with E-state index >= 15 is 0 Å². The van der Waals surface area contributed by atoms with Crippen LogP contribution < -0.4 is 5.32 Å². The molecule has 1 amide bonds. The molecule has 0 atom stereocenters. The number of carbonyl (C=O) groups excluding carboxylic acids is 1. The maximum absolute atomic E-state index is 11.0. The van der Waals surface area contributed by atoms with E-state index in [1.54, 1.807) is 4.68 Å². The normalized spacial score (nSPS) is 17.1. The van der Waals surface area contributed by atoms with Gasteiger partial charge in [0, 0.05) is 32.6 Å². The monoisotopic (exact) mass is 281 g/mol. The highest BCUT2D eigenvalue weighted by Crippen LogP contribution is 2.10. The fourth-order valence-corrected chi connectivity index (χ4v) is 2.34. The minimum absolute atomic E-state index is 0.0206. The number of hydrogen-bond acceptors (Lipinski definition) is 5. The molecule has 0 aliphatic carbocycles. The Morgan fingerprint density at radius 3 is 2.65 bits per heavy atom. The van der Waals surface area contributed by atoms with Gasteiger partial charge in [0.2, 0.25) is 5.91 Å². The predicted molar refractivity (Wildman–Crippen MR) is 70.3 cm³/mol. The number of nitrogens with one attached hydrogen (secondary N) is 1. The fraction of sp³-hybridized carbons (Fsp3) is 0.667. The van der Waals surface area contributed by atoms with Gasteiger partial charge in [-0.15, -0.1) is 5.10 Å². The van der Waals surface area contributed by atoms with Crippen LogP contribution in [0.25, 0.3) is 0 Å². The van der Waals surface area contributed by atoms with Gasteiger partial charge < -0.3 is 15.3 Å². The van der Waals surface area contributed by atoms with E-state index in [-0.39, 0.29) is 17.6 Å². The first kappa shape index (κ1) is 14.4. The molecule has 0 radical (unpaired) electrons. The average molecular weight is 281 g/mol. The Morgan fingerprint density at radius 2 is 2.10 bits per heavy atom. The van der Waals surface area contributed by atoms with Crippen molar-refractivity contribution in [2.45, 2.75) is 32.4 Å². The third-order valence-corrected chi connectivity index (χ3v) is 3.40. The number of rotatable bonds is 5. The van der Waals surface area contributed by atoms with E-state index < -0.39 is 5.97 Å². The van der Waals surface area contributed by atoms with Crippen molar-refractivity contribution in [2.24, 2.45) is 0 Å². The third-order valence-electron chi connectivity index (χ3n) is 3.40. The Balaban J connectivity index is 1.73. The van der Waals surface area contributed by atoms with Crippen molar-refractivity contribution in [1.82, 2.24) is 25.2 Å². The molecule has 0 saturated carbocycles. The summed E-state index contributed by atoms with van der Waals surface area (Å²) in [5, 5.41) is 19.0. The van der Waals surface area contributed by atoms with Crippen molar-refractivity contribution >= 4 is 11.9 Å². The molecule has 0 spiro atoms. The Morgan fingerprint density at radius 1 is 1.40 bits per heavy atom. The second-order valence-electron chi connectivity index (χ2n) is 4.99. The second kappa shape index (κ2) is 6.47. The Kier molecular flexibility index (Phi) is 4.67. The fourth-order valence-electron chi connectivity index (χ4n) is 2.34. The molecule has 8 heteroatoms. The van der Waals surface area contributed by atoms with E-state index in [4.69, 9.17) is 5.11 Å². The molecule has 1 saturated heterocycles. The van der Waals surface area contributed by atoms with Crippen LogP contribution in [0, 0.1) is 0 Å². The molecule has 0 unspecified atom stereocenters. The number of carbonyl (C=O) groups is 2. The van der Waals surface area contributed by atoms with E-state index in [0.29, 0.717) is 6.54 Å². The molecule has 2 N–H and O–H groups in total. The standard InChI is InChI=1S/C12H19N5O3/c1-9(18)13-10-2-4-16(5-3-10)6-7-17-8-11(12(19)20)14-15-17/h8,10H,2-7H2,1H3,(H,13,18)(H,19,20). The summed E-state index contributed by atoms with van der Waals surface area (Å²) < 4.78 is 1.55. The first-order valence-electron chi connectivity index (χ1n) is 6.67. The molecule has 0 aromatic carbocycles. The molecule has 1 aromatic heterocycles. The summed E-state index contributed by atoms with van der Waals surface area (Å²) in [6.45, 7) is 4.80. The molecule has 1 aliphatic rings. The summed E-state index contributed by atoms with van der Waals surface area (Å²) >= 11 is 0. The van der Waals surface area contributed by atoms with Gasteiger partial charge >= 0.3 is 5.97 Å². The third kappa shape index (κ3) is 4.02. The van der Waals surface area contributed by atoms with E-state index in [0.717, 1.165) is 32.5 Å². The summed E-state index contributed by atoms with van der Waals surface area (Å²) in [6, 6.07) is 0.272. The van der Waals surface area contributed by atoms with Crippen LogP contribution in [0.3, 0.4) is 0 Å². The van der Waals surface area contributed by atoms with E-state index in [2.05, 4.69) is 20.5 Å². The number of aromatic carboxylic acids is 1. The van der Waals surface area contributed by atoms with Gasteiger partial charge in [-0.2, -0.15) is 0 Å². The van der Waals surface area contributed by atoms with Gasteiger partial charge in [0.25, 0.3) is 0 Å². The van der Waals surface area contributed by atoms with Crippen molar-refractivity contribution in [3.63, 3.8) is 0 Å². The van der Waals surface area contributed by atoms with Crippen LogP contribution in [0.15, 0.2) is 6.20 Å². The highest BCUT2D eigenvalue weighted by molar-refractivity contribution is 5.84. The molecule has 1 aromatic rings. The van der Waals surface area contributed by atoms with Crippen molar-refractivity contribution < 1.29 is 14.7 Å². The molecule has 1 aliphatic heterocycles. The number of carboxylic acids is 1. The predicted octanol–water partition coefficient (Wildman–Crippen LogP) is -0.423. The summed E-state index contributed by atoms with van der Waals surface area (Å²) in [7, 11) is 0. The highest BCUT2D eigenvalue weighted by Gasteiger charge is 2.19. The molecule has 8 nitrogen and oxygen atoms in total. The van der Waals surface area contributed by atoms with Crippen LogP contribution in [0.4, 0.5) is 0 Å². The largest absolute Gasteiger partial charge is 0.476 e. The van der Waals surface area contributed by atoms with Crippen LogP contribution in [0.2, 0.25) is 0 Å². The number of carboxylic acid groups (broad SMARTS) is 1. The Hall–Kier alpha value is -1.96. The molecule has 2 rings (SSSR count). The average Bonchev–Trinajstić information content (AvgIpc) is 2.86. The quantitative estimate of drug-likeness (QED) is 0.760. The van der Waals surface area contributed by atoms with Gasteiger partial charge in [0.15, 0.2) is 5.69 Å². The molecule has 1 fully saturated rings. The van der Waals surface area contributed by atoms with Gasteiger partial charge in [0.05, 0.1) is 12.7 Å². The number of aromatic nitrogens is 3. The van der Waals surface area contributed by atoms with Crippen molar-refractivity contribution in [2.75, 3.05) is 19.6 Å². The molecule has 2 heterocycles. The smallest absolute Gasteiger partial charge is 0.358 e. The van der Waals surface area contributed by atoms with E-state index in [1.165, 1.54) is 13.1 Å². The van der Waals surface area contributed by atoms with Crippen LogP contribution in [0.5, 0.6) is 0 Å². The van der Waals surface area contributed by atoms with Crippen LogP contribution in [0.1, 0.15) is 30.3 Å². The van der Waals surface area contributed by atoms with Crippen molar-refractivity contribution in [3.05, 3.63) is 11.9 Å². The van der Waals surface area contributed by atoms with Gasteiger partial charge in [-0.25, -0.2) is 4.79 Å². The maximum atomic E-state index is 11.0. The van der Waals surface area contributed by atoms with E-state index in [1.807, 2.05) is 0 Å². The lowest BCUT2D eigenvalue weighted by atomic mass is 10.1. The summed E-state index contributed by atoms with van der Waals surface area (Å²) in [4.78, 5) is 23.9. The number of likely N-dealkylation sites (tertiary alicyclic amines) is 1.